The van der Waals surface area contributed by atoms with Gasteiger partial charge in [0.1, 0.15) is 12.1 Å². The Morgan fingerprint density at radius 3 is 2.52 bits per heavy atom. The summed E-state index contributed by atoms with van der Waals surface area (Å²) < 4.78 is 0. The van der Waals surface area contributed by atoms with Crippen molar-refractivity contribution in [3.8, 4) is 0 Å². The Kier molecular flexibility index (Phi) is 5.19. The molecule has 1 saturated carbocycles. The van der Waals surface area contributed by atoms with Crippen LogP contribution < -0.4 is 4.90 Å². The van der Waals surface area contributed by atoms with E-state index in [1.807, 2.05) is 35.2 Å². The molecule has 0 atom stereocenters. The van der Waals surface area contributed by atoms with E-state index in [9.17, 15) is 4.79 Å². The molecule has 1 aromatic heterocycles. The molecular formula is C23H29N5O. The minimum atomic E-state index is 0.177. The van der Waals surface area contributed by atoms with Crippen molar-refractivity contribution < 1.29 is 4.79 Å². The Labute approximate surface area is 172 Å². The molecule has 5 rings (SSSR count). The lowest BCUT2D eigenvalue weighted by molar-refractivity contribution is -0.131. The third kappa shape index (κ3) is 3.86. The van der Waals surface area contributed by atoms with Crippen LogP contribution in [0.2, 0.25) is 0 Å². The monoisotopic (exact) mass is 391 g/mol. The van der Waals surface area contributed by atoms with Crippen LogP contribution in [0.1, 0.15) is 36.1 Å². The summed E-state index contributed by atoms with van der Waals surface area (Å²) in [5.74, 6) is 1.27. The molecular weight excluding hydrogens is 362 g/mol. The molecule has 0 bridgehead atoms. The lowest BCUT2D eigenvalue weighted by Crippen LogP contribution is -2.52. The van der Waals surface area contributed by atoms with Crippen LogP contribution in [0.3, 0.4) is 0 Å². The number of aromatic nitrogens is 2. The predicted octanol–water partition coefficient (Wildman–Crippen LogP) is 2.28. The quantitative estimate of drug-likeness (QED) is 0.800. The number of benzene rings is 1. The summed E-state index contributed by atoms with van der Waals surface area (Å²) in [5, 5.41) is 0. The number of carbonyl (C=O) groups excluding carboxylic acids is 1. The molecule has 6 heteroatoms. The van der Waals surface area contributed by atoms with Crippen LogP contribution >= 0.6 is 0 Å². The number of rotatable bonds is 4. The zero-order chi connectivity index (χ0) is 19.6. The van der Waals surface area contributed by atoms with Crippen LogP contribution in [0.15, 0.2) is 36.7 Å². The second kappa shape index (κ2) is 8.11. The molecule has 1 aromatic carbocycles. The van der Waals surface area contributed by atoms with Gasteiger partial charge in [-0.2, -0.15) is 0 Å². The zero-order valence-electron chi connectivity index (χ0n) is 17.0. The van der Waals surface area contributed by atoms with Crippen molar-refractivity contribution in [3.63, 3.8) is 0 Å². The van der Waals surface area contributed by atoms with Gasteiger partial charge in [-0.3, -0.25) is 9.69 Å². The van der Waals surface area contributed by atoms with Crippen molar-refractivity contribution in [2.75, 3.05) is 37.6 Å². The number of nitrogens with zero attached hydrogens (tertiary/aromatic N) is 5. The van der Waals surface area contributed by atoms with E-state index in [1.54, 1.807) is 6.33 Å². The predicted molar refractivity (Wildman–Crippen MR) is 113 cm³/mol. The largest absolute Gasteiger partial charge is 0.354 e. The molecule has 6 nitrogen and oxygen atoms in total. The van der Waals surface area contributed by atoms with Crippen LogP contribution in [0.5, 0.6) is 0 Å². The number of anilines is 1. The van der Waals surface area contributed by atoms with E-state index >= 15 is 0 Å². The molecule has 0 radical (unpaired) electrons. The van der Waals surface area contributed by atoms with Crippen LogP contribution in [0.4, 0.5) is 5.82 Å². The fourth-order valence-electron chi connectivity index (χ4n) is 4.76. The number of amides is 1. The van der Waals surface area contributed by atoms with E-state index in [0.29, 0.717) is 13.0 Å². The normalized spacial score (nSPS) is 20.3. The summed E-state index contributed by atoms with van der Waals surface area (Å²) in [6, 6.07) is 10.8. The summed E-state index contributed by atoms with van der Waals surface area (Å²) >= 11 is 0. The Bertz CT molecular complexity index is 859. The maximum atomic E-state index is 12.8. The fourth-order valence-corrected chi connectivity index (χ4v) is 4.76. The summed E-state index contributed by atoms with van der Waals surface area (Å²) in [4.78, 5) is 29.0. The highest BCUT2D eigenvalue weighted by molar-refractivity contribution is 5.79. The van der Waals surface area contributed by atoms with Gasteiger partial charge in [-0.1, -0.05) is 36.8 Å². The SMILES string of the molecule is O=C(Cc1ccccc1)N1CCc2c(ncnc2N2CCN(C3CCC3)CC2)C1. The maximum Gasteiger partial charge on any atom is 0.227 e. The lowest BCUT2D eigenvalue weighted by Gasteiger charge is -2.43. The molecule has 3 heterocycles. The first kappa shape index (κ1) is 18.6. The smallest absolute Gasteiger partial charge is 0.227 e. The van der Waals surface area contributed by atoms with Crippen molar-refractivity contribution >= 4 is 11.7 Å². The second-order valence-corrected chi connectivity index (χ2v) is 8.46. The van der Waals surface area contributed by atoms with Gasteiger partial charge in [0.05, 0.1) is 18.7 Å². The average molecular weight is 392 g/mol. The van der Waals surface area contributed by atoms with Crippen LogP contribution in [-0.4, -0.2) is 64.4 Å². The van der Waals surface area contributed by atoms with Crippen molar-refractivity contribution in [3.05, 3.63) is 53.5 Å². The number of hydrogen-bond donors (Lipinski definition) is 0. The van der Waals surface area contributed by atoms with Gasteiger partial charge in [-0.15, -0.1) is 0 Å². The first-order valence-electron chi connectivity index (χ1n) is 10.9. The summed E-state index contributed by atoms with van der Waals surface area (Å²) in [6.07, 6.45) is 7.11. The number of hydrogen-bond acceptors (Lipinski definition) is 5. The van der Waals surface area contributed by atoms with Crippen LogP contribution in [0, 0.1) is 0 Å². The van der Waals surface area contributed by atoms with Gasteiger partial charge >= 0.3 is 0 Å². The topological polar surface area (TPSA) is 52.6 Å². The molecule has 2 aliphatic heterocycles. The Balaban J connectivity index is 1.25. The minimum Gasteiger partial charge on any atom is -0.354 e. The molecule has 2 fully saturated rings. The van der Waals surface area contributed by atoms with Crippen LogP contribution in [-0.2, 0) is 24.2 Å². The van der Waals surface area contributed by atoms with Gasteiger partial charge in [0.2, 0.25) is 5.91 Å². The number of carbonyl (C=O) groups is 1. The van der Waals surface area contributed by atoms with Crippen molar-refractivity contribution in [1.29, 1.82) is 0 Å². The van der Waals surface area contributed by atoms with E-state index in [-0.39, 0.29) is 5.91 Å². The highest BCUT2D eigenvalue weighted by Crippen LogP contribution is 2.29. The highest BCUT2D eigenvalue weighted by Gasteiger charge is 2.30. The molecule has 29 heavy (non-hydrogen) atoms. The van der Waals surface area contributed by atoms with E-state index in [1.165, 1.54) is 24.8 Å². The Morgan fingerprint density at radius 1 is 1.00 bits per heavy atom. The van der Waals surface area contributed by atoms with Crippen molar-refractivity contribution in [1.82, 2.24) is 19.8 Å². The molecule has 0 N–H and O–H groups in total. The van der Waals surface area contributed by atoms with Gasteiger partial charge in [-0.25, -0.2) is 9.97 Å². The third-order valence-corrected chi connectivity index (χ3v) is 6.74. The highest BCUT2D eigenvalue weighted by atomic mass is 16.2. The standard InChI is InChI=1S/C23H29N5O/c29-22(15-18-5-2-1-3-6-18)28-10-9-20-21(16-28)24-17-25-23(20)27-13-11-26(12-14-27)19-7-4-8-19/h1-3,5-6,17,19H,4,7-16H2. The lowest BCUT2D eigenvalue weighted by atomic mass is 9.91. The molecule has 1 aliphatic carbocycles. The molecule has 0 unspecified atom stereocenters. The Hall–Kier alpha value is -2.47. The van der Waals surface area contributed by atoms with Gasteiger partial charge < -0.3 is 9.80 Å². The maximum absolute atomic E-state index is 12.8. The fraction of sp³-hybridized carbons (Fsp3) is 0.522. The molecule has 152 valence electrons. The van der Waals surface area contributed by atoms with Crippen molar-refractivity contribution in [2.45, 2.75) is 44.7 Å². The number of piperazine rings is 1. The van der Waals surface area contributed by atoms with E-state index in [0.717, 1.165) is 62.3 Å². The summed E-state index contributed by atoms with van der Waals surface area (Å²) in [7, 11) is 0. The van der Waals surface area contributed by atoms with Gasteiger partial charge in [0.15, 0.2) is 0 Å². The zero-order valence-corrected chi connectivity index (χ0v) is 17.0. The van der Waals surface area contributed by atoms with Gasteiger partial charge in [0.25, 0.3) is 0 Å². The molecule has 2 aromatic rings. The molecule has 1 saturated heterocycles. The van der Waals surface area contributed by atoms with E-state index < -0.39 is 0 Å². The molecule has 0 spiro atoms. The first-order valence-corrected chi connectivity index (χ1v) is 10.9. The third-order valence-electron chi connectivity index (χ3n) is 6.74. The van der Waals surface area contributed by atoms with Crippen molar-refractivity contribution in [2.24, 2.45) is 0 Å². The molecule has 3 aliphatic rings. The first-order chi connectivity index (χ1) is 14.3. The van der Waals surface area contributed by atoms with Gasteiger partial charge in [0, 0.05) is 44.3 Å². The Morgan fingerprint density at radius 2 is 1.79 bits per heavy atom. The van der Waals surface area contributed by atoms with Crippen LogP contribution in [0.25, 0.3) is 0 Å². The van der Waals surface area contributed by atoms with E-state index in [2.05, 4.69) is 19.8 Å². The number of fused-ring (bicyclic) bond motifs is 1. The molecule has 1 amide bonds. The average Bonchev–Trinajstić information content (AvgIpc) is 2.73. The van der Waals surface area contributed by atoms with Gasteiger partial charge in [-0.05, 0) is 24.8 Å². The summed E-state index contributed by atoms with van der Waals surface area (Å²) in [6.45, 7) is 5.68. The summed E-state index contributed by atoms with van der Waals surface area (Å²) in [5.41, 5.74) is 3.33. The van der Waals surface area contributed by atoms with E-state index in [4.69, 9.17) is 0 Å². The minimum absolute atomic E-state index is 0.177. The second-order valence-electron chi connectivity index (χ2n) is 8.46.